The van der Waals surface area contributed by atoms with E-state index in [-0.39, 0.29) is 11.9 Å². The van der Waals surface area contributed by atoms with Crippen LogP contribution in [-0.4, -0.2) is 30.6 Å². The summed E-state index contributed by atoms with van der Waals surface area (Å²) in [6.07, 6.45) is 6.74. The van der Waals surface area contributed by atoms with Crippen LogP contribution in [0.5, 0.6) is 5.75 Å². The second-order valence-corrected chi connectivity index (χ2v) is 6.18. The summed E-state index contributed by atoms with van der Waals surface area (Å²) in [6, 6.07) is 5.38. The van der Waals surface area contributed by atoms with E-state index in [4.69, 9.17) is 10.5 Å². The second-order valence-electron chi connectivity index (χ2n) is 5.10. The van der Waals surface area contributed by atoms with Gasteiger partial charge in [0.05, 0.1) is 12.7 Å². The zero-order chi connectivity index (χ0) is 14.5. The van der Waals surface area contributed by atoms with Crippen LogP contribution in [-0.2, 0) is 0 Å². The molecule has 20 heavy (non-hydrogen) atoms. The van der Waals surface area contributed by atoms with Crippen LogP contribution in [0.1, 0.15) is 36.0 Å². The monoisotopic (exact) mass is 294 g/mol. The fourth-order valence-corrected chi connectivity index (χ4v) is 3.63. The third-order valence-electron chi connectivity index (χ3n) is 3.79. The van der Waals surface area contributed by atoms with Gasteiger partial charge in [-0.25, -0.2) is 0 Å². The van der Waals surface area contributed by atoms with Gasteiger partial charge in [0.15, 0.2) is 0 Å². The van der Waals surface area contributed by atoms with Crippen molar-refractivity contribution in [3.8, 4) is 5.75 Å². The SMILES string of the molecule is COc1ccc(N)cc1C(=O)NC1CCCCC1SC. The highest BCUT2D eigenvalue weighted by atomic mass is 32.2. The van der Waals surface area contributed by atoms with E-state index >= 15 is 0 Å². The normalized spacial score (nSPS) is 22.3. The molecule has 4 nitrogen and oxygen atoms in total. The third kappa shape index (κ3) is 3.39. The fraction of sp³-hybridized carbons (Fsp3) is 0.533. The number of nitrogen functional groups attached to an aromatic ring is 1. The van der Waals surface area contributed by atoms with E-state index in [2.05, 4.69) is 11.6 Å². The van der Waals surface area contributed by atoms with Crippen molar-refractivity contribution in [1.29, 1.82) is 0 Å². The zero-order valence-electron chi connectivity index (χ0n) is 12.0. The molecule has 0 aromatic heterocycles. The first-order valence-electron chi connectivity index (χ1n) is 6.93. The summed E-state index contributed by atoms with van der Waals surface area (Å²) < 4.78 is 5.24. The molecule has 3 N–H and O–H groups in total. The van der Waals surface area contributed by atoms with Gasteiger partial charge in [0, 0.05) is 17.0 Å². The Hall–Kier alpha value is -1.36. The Morgan fingerprint density at radius 3 is 2.85 bits per heavy atom. The van der Waals surface area contributed by atoms with Crippen molar-refractivity contribution in [3.63, 3.8) is 0 Å². The van der Waals surface area contributed by atoms with E-state index in [0.29, 0.717) is 22.3 Å². The van der Waals surface area contributed by atoms with Crippen molar-refractivity contribution in [2.24, 2.45) is 0 Å². The minimum Gasteiger partial charge on any atom is -0.496 e. The number of nitrogens with one attached hydrogen (secondary N) is 1. The van der Waals surface area contributed by atoms with Gasteiger partial charge in [0.25, 0.3) is 5.91 Å². The van der Waals surface area contributed by atoms with Gasteiger partial charge in [0.1, 0.15) is 5.75 Å². The molecule has 1 aliphatic carbocycles. The maximum absolute atomic E-state index is 12.5. The van der Waals surface area contributed by atoms with E-state index in [1.54, 1.807) is 25.3 Å². The van der Waals surface area contributed by atoms with E-state index in [1.807, 2.05) is 11.8 Å². The largest absolute Gasteiger partial charge is 0.496 e. The summed E-state index contributed by atoms with van der Waals surface area (Å²) in [5.74, 6) is 0.466. The first-order chi connectivity index (χ1) is 9.65. The summed E-state index contributed by atoms with van der Waals surface area (Å²) in [5, 5.41) is 3.64. The highest BCUT2D eigenvalue weighted by molar-refractivity contribution is 7.99. The Morgan fingerprint density at radius 1 is 1.40 bits per heavy atom. The van der Waals surface area contributed by atoms with Crippen molar-refractivity contribution < 1.29 is 9.53 Å². The third-order valence-corrected chi connectivity index (χ3v) is 4.96. The van der Waals surface area contributed by atoms with Crippen molar-refractivity contribution in [2.75, 3.05) is 19.1 Å². The molecule has 0 bridgehead atoms. The number of rotatable bonds is 4. The van der Waals surface area contributed by atoms with Crippen LogP contribution in [0.25, 0.3) is 0 Å². The van der Waals surface area contributed by atoms with Gasteiger partial charge in [-0.15, -0.1) is 0 Å². The molecule has 1 aliphatic rings. The van der Waals surface area contributed by atoms with E-state index in [1.165, 1.54) is 19.3 Å². The van der Waals surface area contributed by atoms with Gasteiger partial charge in [-0.2, -0.15) is 11.8 Å². The standard InChI is InChI=1S/C15H22N2O2S/c1-19-13-8-7-10(16)9-11(13)15(18)17-12-5-3-4-6-14(12)20-2/h7-9,12,14H,3-6,16H2,1-2H3,(H,17,18). The van der Waals surface area contributed by atoms with Crippen LogP contribution in [0.2, 0.25) is 0 Å². The summed E-state index contributed by atoms with van der Waals surface area (Å²) in [7, 11) is 1.56. The van der Waals surface area contributed by atoms with Crippen molar-refractivity contribution >= 4 is 23.4 Å². The van der Waals surface area contributed by atoms with Gasteiger partial charge in [0.2, 0.25) is 0 Å². The molecule has 1 fully saturated rings. The molecule has 1 saturated carbocycles. The lowest BCUT2D eigenvalue weighted by Crippen LogP contribution is -2.43. The molecule has 0 aliphatic heterocycles. The minimum atomic E-state index is -0.0971. The van der Waals surface area contributed by atoms with Crippen LogP contribution >= 0.6 is 11.8 Å². The average molecular weight is 294 g/mol. The molecule has 0 heterocycles. The lowest BCUT2D eigenvalue weighted by atomic mass is 9.94. The Bertz CT molecular complexity index is 479. The van der Waals surface area contributed by atoms with Crippen molar-refractivity contribution in [2.45, 2.75) is 37.0 Å². The first-order valence-corrected chi connectivity index (χ1v) is 8.21. The van der Waals surface area contributed by atoms with Crippen LogP contribution in [0, 0.1) is 0 Å². The number of methoxy groups -OCH3 is 1. The summed E-state index contributed by atoms with van der Waals surface area (Å²) in [5.41, 5.74) is 6.85. The maximum Gasteiger partial charge on any atom is 0.255 e. The van der Waals surface area contributed by atoms with Crippen LogP contribution in [0.4, 0.5) is 5.69 Å². The second kappa shape index (κ2) is 6.88. The molecule has 2 rings (SSSR count). The average Bonchev–Trinajstić information content (AvgIpc) is 2.47. The Labute approximate surface area is 124 Å². The number of carbonyl (C=O) groups is 1. The number of hydrogen-bond donors (Lipinski definition) is 2. The Morgan fingerprint density at radius 2 is 2.15 bits per heavy atom. The number of anilines is 1. The fourth-order valence-electron chi connectivity index (χ4n) is 2.69. The molecule has 0 saturated heterocycles. The molecule has 2 unspecified atom stereocenters. The molecule has 1 amide bonds. The van der Waals surface area contributed by atoms with E-state index < -0.39 is 0 Å². The number of ether oxygens (including phenoxy) is 1. The Kier molecular flexibility index (Phi) is 5.17. The summed E-state index contributed by atoms with van der Waals surface area (Å²) in [6.45, 7) is 0. The van der Waals surface area contributed by atoms with Gasteiger partial charge < -0.3 is 15.8 Å². The van der Waals surface area contributed by atoms with Crippen molar-refractivity contribution in [3.05, 3.63) is 23.8 Å². The molecule has 2 atom stereocenters. The van der Waals surface area contributed by atoms with Crippen LogP contribution < -0.4 is 15.8 Å². The Balaban J connectivity index is 2.13. The highest BCUT2D eigenvalue weighted by Gasteiger charge is 2.26. The molecular formula is C15H22N2O2S. The number of nitrogens with two attached hydrogens (primary N) is 1. The van der Waals surface area contributed by atoms with Gasteiger partial charge >= 0.3 is 0 Å². The number of amides is 1. The predicted molar refractivity (Wildman–Crippen MR) is 84.4 cm³/mol. The van der Waals surface area contributed by atoms with Gasteiger partial charge in [-0.3, -0.25) is 4.79 Å². The quantitative estimate of drug-likeness (QED) is 0.838. The molecule has 5 heteroatoms. The molecule has 0 spiro atoms. The zero-order valence-corrected chi connectivity index (χ0v) is 12.8. The van der Waals surface area contributed by atoms with Crippen molar-refractivity contribution in [1.82, 2.24) is 5.32 Å². The van der Waals surface area contributed by atoms with Gasteiger partial charge in [-0.1, -0.05) is 12.8 Å². The number of carbonyl (C=O) groups excluding carboxylic acids is 1. The minimum absolute atomic E-state index is 0.0971. The smallest absolute Gasteiger partial charge is 0.255 e. The summed E-state index contributed by atoms with van der Waals surface area (Å²) >= 11 is 1.83. The first kappa shape index (κ1) is 15.0. The number of benzene rings is 1. The van der Waals surface area contributed by atoms with E-state index in [9.17, 15) is 4.79 Å². The van der Waals surface area contributed by atoms with Gasteiger partial charge in [-0.05, 0) is 37.3 Å². The topological polar surface area (TPSA) is 64.3 Å². The predicted octanol–water partition coefficient (Wildman–Crippen LogP) is 2.68. The summed E-state index contributed by atoms with van der Waals surface area (Å²) in [4.78, 5) is 12.5. The lowest BCUT2D eigenvalue weighted by Gasteiger charge is -2.31. The maximum atomic E-state index is 12.5. The molecule has 1 aromatic carbocycles. The van der Waals surface area contributed by atoms with Crippen LogP contribution in [0.3, 0.4) is 0 Å². The molecular weight excluding hydrogens is 272 g/mol. The van der Waals surface area contributed by atoms with E-state index in [0.717, 1.165) is 6.42 Å². The number of hydrogen-bond acceptors (Lipinski definition) is 4. The van der Waals surface area contributed by atoms with Crippen LogP contribution in [0.15, 0.2) is 18.2 Å². The molecule has 110 valence electrons. The highest BCUT2D eigenvalue weighted by Crippen LogP contribution is 2.28. The molecule has 1 aromatic rings. The number of thioether (sulfide) groups is 1. The molecule has 0 radical (unpaired) electrons. The lowest BCUT2D eigenvalue weighted by molar-refractivity contribution is 0.0926.